The van der Waals surface area contributed by atoms with Gasteiger partial charge in [0.15, 0.2) is 0 Å². The largest absolute Gasteiger partial charge is 0.508 e. The fourth-order valence-corrected chi connectivity index (χ4v) is 12.3. The van der Waals surface area contributed by atoms with E-state index in [1.165, 1.54) is 9.91 Å². The first-order valence-electron chi connectivity index (χ1n) is 27.4. The van der Waals surface area contributed by atoms with E-state index in [9.17, 15) is 19.5 Å². The van der Waals surface area contributed by atoms with Crippen molar-refractivity contribution in [1.82, 2.24) is 35.1 Å². The molecule has 4 fully saturated rings. The van der Waals surface area contributed by atoms with E-state index in [1.807, 2.05) is 70.3 Å². The maximum Gasteiger partial charge on any atom is 0.325 e. The average molecular weight is 1040 g/mol. The number of nitrogens with zero attached hydrogens (tertiary/aromatic N) is 6. The van der Waals surface area contributed by atoms with Crippen LogP contribution in [0.4, 0.5) is 5.69 Å². The van der Waals surface area contributed by atoms with Crippen molar-refractivity contribution in [2.45, 2.75) is 117 Å². The third kappa shape index (κ3) is 10.8. The van der Waals surface area contributed by atoms with Gasteiger partial charge in [-0.2, -0.15) is 0 Å². The van der Waals surface area contributed by atoms with Crippen molar-refractivity contribution in [3.8, 4) is 34.0 Å². The summed E-state index contributed by atoms with van der Waals surface area (Å²) in [6, 6.07) is 20.8. The third-order valence-electron chi connectivity index (χ3n) is 16.3. The number of hydrogen-bond donors (Lipinski definition) is 3. The summed E-state index contributed by atoms with van der Waals surface area (Å²) in [4.78, 5) is 69.9. The first-order valence-corrected chi connectivity index (χ1v) is 27.4. The van der Waals surface area contributed by atoms with Gasteiger partial charge in [0.25, 0.3) is 11.8 Å². The normalized spacial score (nSPS) is 24.2. The Bertz CT molecular complexity index is 2980. The number of benzene rings is 3. The Hall–Kier alpha value is -6.49. The van der Waals surface area contributed by atoms with E-state index in [4.69, 9.17) is 19.2 Å². The number of carbonyl (C=O) groups is 4. The fourth-order valence-electron chi connectivity index (χ4n) is 12.3. The van der Waals surface area contributed by atoms with Crippen LogP contribution < -0.4 is 20.4 Å². The Morgan fingerprint density at radius 3 is 2.47 bits per heavy atom. The van der Waals surface area contributed by atoms with Gasteiger partial charge in [-0.25, -0.2) is 10.4 Å². The summed E-state index contributed by atoms with van der Waals surface area (Å²) in [7, 11) is 3.77. The van der Waals surface area contributed by atoms with Crippen LogP contribution in [0.15, 0.2) is 79.0 Å². The highest BCUT2D eigenvalue weighted by molar-refractivity contribution is 5.97. The van der Waals surface area contributed by atoms with E-state index in [1.54, 1.807) is 19.2 Å². The molecule has 1 unspecified atom stereocenters. The molecule has 5 aromatic rings. The van der Waals surface area contributed by atoms with Crippen molar-refractivity contribution in [3.05, 3.63) is 95.7 Å². The zero-order valence-electron chi connectivity index (χ0n) is 45.7. The zero-order valence-corrected chi connectivity index (χ0v) is 45.7. The van der Waals surface area contributed by atoms with Crippen LogP contribution in [0.3, 0.4) is 0 Å². The number of likely N-dealkylation sites (N-methyl/N-ethyl adjacent to an activating group) is 2. The third-order valence-corrected chi connectivity index (χ3v) is 16.3. The first-order chi connectivity index (χ1) is 36.4. The van der Waals surface area contributed by atoms with Crippen LogP contribution in [-0.4, -0.2) is 144 Å². The van der Waals surface area contributed by atoms with E-state index in [0.717, 1.165) is 82.7 Å². The van der Waals surface area contributed by atoms with Crippen molar-refractivity contribution in [2.24, 2.45) is 23.2 Å². The molecule has 76 heavy (non-hydrogen) atoms. The number of hydrazine groups is 1. The number of phenols is 1. The Morgan fingerprint density at radius 2 is 1.75 bits per heavy atom. The number of carbonyl (C=O) groups excluding carboxylic acids is 4. The quantitative estimate of drug-likeness (QED) is 0.114. The monoisotopic (exact) mass is 1040 g/mol. The number of aryl methyl sites for hydroxylation is 1. The number of esters is 1. The molecule has 0 spiro atoms. The summed E-state index contributed by atoms with van der Waals surface area (Å²) < 4.78 is 21.3. The van der Waals surface area contributed by atoms with E-state index in [-0.39, 0.29) is 54.5 Å². The molecule has 0 radical (unpaired) electrons. The molecule has 16 heteroatoms. The second-order valence-electron chi connectivity index (χ2n) is 23.4. The Kier molecular flexibility index (Phi) is 15.0. The molecule has 2 aromatic heterocycles. The Morgan fingerprint density at radius 1 is 0.987 bits per heavy atom. The molecule has 6 heterocycles. The van der Waals surface area contributed by atoms with Gasteiger partial charge in [0.2, 0.25) is 11.8 Å². The molecule has 3 N–H and O–H groups in total. The molecule has 1 saturated carbocycles. The van der Waals surface area contributed by atoms with Gasteiger partial charge in [0, 0.05) is 81.6 Å². The van der Waals surface area contributed by atoms with E-state index in [2.05, 4.69) is 77.2 Å². The van der Waals surface area contributed by atoms with Crippen LogP contribution in [0.2, 0.25) is 0 Å². The molecule has 6 bridgehead atoms. The highest BCUT2D eigenvalue weighted by Crippen LogP contribution is 2.47. The van der Waals surface area contributed by atoms with Crippen LogP contribution >= 0.6 is 0 Å². The zero-order chi connectivity index (χ0) is 53.7. The number of phenolic OH excluding ortho intramolecular Hbond substituents is 1. The van der Waals surface area contributed by atoms with Crippen molar-refractivity contribution in [1.29, 1.82) is 0 Å². The van der Waals surface area contributed by atoms with Crippen LogP contribution in [0.25, 0.3) is 33.3 Å². The summed E-state index contributed by atoms with van der Waals surface area (Å²) >= 11 is 0. The molecular weight excluding hydrogens is 961 g/mol. The molecule has 3 aromatic carbocycles. The van der Waals surface area contributed by atoms with Crippen molar-refractivity contribution in [2.75, 3.05) is 64.9 Å². The molecule has 3 saturated heterocycles. The number of aromatic hydroxyl groups is 1. The molecule has 10 rings (SSSR count). The van der Waals surface area contributed by atoms with Gasteiger partial charge >= 0.3 is 5.97 Å². The van der Waals surface area contributed by atoms with Gasteiger partial charge in [-0.05, 0) is 123 Å². The lowest BCUT2D eigenvalue weighted by Crippen LogP contribution is -2.63. The van der Waals surface area contributed by atoms with Crippen molar-refractivity contribution in [3.63, 3.8) is 0 Å². The molecular formula is C60H76N8O8. The van der Waals surface area contributed by atoms with E-state index in [0.29, 0.717) is 44.0 Å². The summed E-state index contributed by atoms with van der Waals surface area (Å²) in [5.41, 5.74) is 10.8. The van der Waals surface area contributed by atoms with Crippen LogP contribution in [0, 0.1) is 23.2 Å². The second kappa shape index (κ2) is 21.5. The topological polar surface area (TPSA) is 171 Å². The number of aromatic nitrogens is 2. The number of hydrogen-bond acceptors (Lipinski definition) is 12. The predicted molar refractivity (Wildman–Crippen MR) is 293 cm³/mol. The van der Waals surface area contributed by atoms with Gasteiger partial charge in [0.05, 0.1) is 35.9 Å². The number of anilines is 1. The molecule has 5 aliphatic rings. The minimum atomic E-state index is -1.16. The maximum absolute atomic E-state index is 15.1. The summed E-state index contributed by atoms with van der Waals surface area (Å²) in [5.74, 6) is -1.59. The minimum absolute atomic E-state index is 0.00428. The van der Waals surface area contributed by atoms with E-state index >= 15 is 4.79 Å². The van der Waals surface area contributed by atoms with Crippen LogP contribution in [0.5, 0.6) is 11.6 Å². The molecule has 404 valence electrons. The molecule has 7 atom stereocenters. The van der Waals surface area contributed by atoms with Gasteiger partial charge in [-0.3, -0.25) is 24.2 Å². The van der Waals surface area contributed by atoms with Gasteiger partial charge in [-0.1, -0.05) is 70.2 Å². The standard InChI is InChI=1S/C60H76N8O8/c1-10-67-50-17-16-39-28-46(50)48(53(67)47-30-42(32-61-56(47)76-36(4)5)66-21-19-64(8)20-22-66)31-60(6,7)34-75-59(73)51-45-29-41(45)33-68(63-51)57(71)49(26-37-24-40(39)27-43(69)25-37)62-55(70)52(35(2)3)65(9)58(72)54-44(18-23-74-54)38-14-12-11-13-15-38/h11-17,24-25,27-28,30,32,35-36,41,44-45,49,51-52,54,63,69H,10,18-23,26,29,31,33-34H2,1-9H3,(H,62,70)/t41?,44-,45+,49+,51+,52+,54-/m1/s1. The van der Waals surface area contributed by atoms with Gasteiger partial charge in [-0.15, -0.1) is 0 Å². The number of piperazine rings is 1. The number of amides is 3. The van der Waals surface area contributed by atoms with Gasteiger partial charge in [0.1, 0.15) is 30.0 Å². The molecule has 4 aliphatic heterocycles. The Labute approximate surface area is 447 Å². The lowest BCUT2D eigenvalue weighted by atomic mass is 9.84. The highest BCUT2D eigenvalue weighted by atomic mass is 16.5. The minimum Gasteiger partial charge on any atom is -0.508 e. The average Bonchev–Trinajstić information content (AvgIpc) is 3.93. The van der Waals surface area contributed by atoms with Crippen LogP contribution in [-0.2, 0) is 48.0 Å². The smallest absolute Gasteiger partial charge is 0.325 e. The maximum atomic E-state index is 15.1. The van der Waals surface area contributed by atoms with Crippen molar-refractivity contribution < 1.29 is 38.5 Å². The number of nitrogens with one attached hydrogen (secondary N) is 2. The summed E-state index contributed by atoms with van der Waals surface area (Å²) in [6.45, 7) is 19.3. The molecule has 3 amide bonds. The van der Waals surface area contributed by atoms with Crippen molar-refractivity contribution >= 4 is 40.3 Å². The molecule has 16 nitrogen and oxygen atoms in total. The highest BCUT2D eigenvalue weighted by Gasteiger charge is 2.53. The summed E-state index contributed by atoms with van der Waals surface area (Å²) in [6.07, 6.45) is 2.96. The lowest BCUT2D eigenvalue weighted by Gasteiger charge is -2.37. The van der Waals surface area contributed by atoms with Crippen LogP contribution in [0.1, 0.15) is 83.9 Å². The SMILES string of the molecule is CCn1c(-c2cc(N3CCN(C)CC3)cnc2OC(C)C)c2c3cc(ccc31)-c1cc(O)cc(c1)C[C@H](NC(=O)[C@H](C(C)C)N(C)C(=O)[C@@H]1OCC[C@@H]1c1ccccc1)C(=O)N1CC3C[C@@H]3[C@H](N1)C(=O)OCC(C)(C)C2. The molecule has 1 aliphatic carbocycles. The number of ether oxygens (including phenoxy) is 3. The lowest BCUT2D eigenvalue weighted by molar-refractivity contribution is -0.156. The predicted octanol–water partition coefficient (Wildman–Crippen LogP) is 7.19. The number of rotatable bonds is 11. The number of fused-ring (bicyclic) bond motifs is 8. The Balaban J connectivity index is 1.05. The summed E-state index contributed by atoms with van der Waals surface area (Å²) in [5, 5.41) is 17.1. The fraction of sp³-hybridized carbons (Fsp3) is 0.517. The van der Waals surface area contributed by atoms with Gasteiger partial charge < -0.3 is 43.9 Å². The first kappa shape index (κ1) is 52.9. The number of cyclic esters (lactones) is 1. The van der Waals surface area contributed by atoms with E-state index < -0.39 is 47.4 Å². The second-order valence-corrected chi connectivity index (χ2v) is 23.4. The number of pyridine rings is 1.